The predicted molar refractivity (Wildman–Crippen MR) is 94.3 cm³/mol. The van der Waals surface area contributed by atoms with E-state index in [0.29, 0.717) is 19.4 Å². The smallest absolute Gasteiger partial charge is 0.241 e. The molecule has 0 heterocycles. The summed E-state index contributed by atoms with van der Waals surface area (Å²) in [6.07, 6.45) is 0.902. The third-order valence-electron chi connectivity index (χ3n) is 3.14. The summed E-state index contributed by atoms with van der Waals surface area (Å²) in [5.41, 5.74) is 0.383. The molecule has 0 radical (unpaired) electrons. The van der Waals surface area contributed by atoms with E-state index in [2.05, 4.69) is 10.0 Å². The zero-order valence-electron chi connectivity index (χ0n) is 15.0. The number of hydrogen-bond donors (Lipinski definition) is 2. The second kappa shape index (κ2) is 8.60. The Labute approximate surface area is 145 Å². The molecule has 0 aliphatic rings. The van der Waals surface area contributed by atoms with E-state index in [4.69, 9.17) is 4.74 Å². The van der Waals surface area contributed by atoms with E-state index < -0.39 is 15.6 Å². The van der Waals surface area contributed by atoms with Crippen molar-refractivity contribution in [3.63, 3.8) is 0 Å². The van der Waals surface area contributed by atoms with Gasteiger partial charge < -0.3 is 10.1 Å². The van der Waals surface area contributed by atoms with Crippen LogP contribution in [0.25, 0.3) is 0 Å². The van der Waals surface area contributed by atoms with Crippen LogP contribution in [0.3, 0.4) is 0 Å². The van der Waals surface area contributed by atoms with Crippen LogP contribution in [0.1, 0.15) is 39.7 Å². The van der Waals surface area contributed by atoms with Crippen LogP contribution in [-0.4, -0.2) is 39.6 Å². The molecule has 0 bridgehead atoms. The van der Waals surface area contributed by atoms with E-state index in [-0.39, 0.29) is 16.8 Å². The first-order valence-corrected chi connectivity index (χ1v) is 9.43. The first kappa shape index (κ1) is 20.6. The lowest BCUT2D eigenvalue weighted by atomic mass is 10.1. The highest BCUT2D eigenvalue weighted by Gasteiger charge is 2.21. The van der Waals surface area contributed by atoms with Gasteiger partial charge in [0.1, 0.15) is 0 Å². The predicted octanol–water partition coefficient (Wildman–Crippen LogP) is 1.85. The molecule has 1 rings (SSSR count). The van der Waals surface area contributed by atoms with Crippen LogP contribution in [0.5, 0.6) is 0 Å². The monoisotopic (exact) mass is 356 g/mol. The number of benzene rings is 1. The molecule has 0 spiro atoms. The summed E-state index contributed by atoms with van der Waals surface area (Å²) in [6.45, 7) is 7.73. The van der Waals surface area contributed by atoms with Gasteiger partial charge in [0.05, 0.1) is 11.5 Å². The van der Waals surface area contributed by atoms with E-state index in [1.807, 2.05) is 6.92 Å². The van der Waals surface area contributed by atoms with Crippen LogP contribution in [-0.2, 0) is 26.0 Å². The average Bonchev–Trinajstić information content (AvgIpc) is 2.43. The van der Waals surface area contributed by atoms with Gasteiger partial charge in [-0.05, 0) is 51.8 Å². The molecule has 24 heavy (non-hydrogen) atoms. The summed E-state index contributed by atoms with van der Waals surface area (Å²) in [6, 6.07) is 6.58. The Morgan fingerprint density at radius 2 is 1.79 bits per heavy atom. The van der Waals surface area contributed by atoms with Gasteiger partial charge in [-0.25, -0.2) is 13.1 Å². The van der Waals surface area contributed by atoms with Crippen molar-refractivity contribution in [2.45, 2.75) is 57.0 Å². The fourth-order valence-corrected chi connectivity index (χ4v) is 3.61. The van der Waals surface area contributed by atoms with Gasteiger partial charge in [0.2, 0.25) is 15.9 Å². The number of sulfonamides is 1. The molecule has 6 nitrogen and oxygen atoms in total. The number of aryl methyl sites for hydroxylation is 1. The van der Waals surface area contributed by atoms with E-state index in [1.165, 1.54) is 0 Å². The van der Waals surface area contributed by atoms with E-state index in [0.717, 1.165) is 5.56 Å². The molecule has 7 heteroatoms. The van der Waals surface area contributed by atoms with Gasteiger partial charge >= 0.3 is 0 Å². The lowest BCUT2D eigenvalue weighted by Crippen LogP contribution is -2.40. The minimum atomic E-state index is -3.53. The molecule has 0 aromatic heterocycles. The number of hydrogen-bond acceptors (Lipinski definition) is 4. The number of nitrogens with one attached hydrogen (secondary N) is 2. The molecule has 136 valence electrons. The molecule has 0 fully saturated rings. The van der Waals surface area contributed by atoms with E-state index in [9.17, 15) is 13.2 Å². The molecule has 1 aromatic carbocycles. The summed E-state index contributed by atoms with van der Waals surface area (Å²) in [5.74, 6) is -0.0503. The maximum absolute atomic E-state index is 12.2. The quantitative estimate of drug-likeness (QED) is 0.744. The Balaban J connectivity index is 2.61. The van der Waals surface area contributed by atoms with Crippen LogP contribution >= 0.6 is 0 Å². The lowest BCUT2D eigenvalue weighted by Gasteiger charge is -2.20. The molecule has 1 amide bonds. The van der Waals surface area contributed by atoms with Gasteiger partial charge in [-0.1, -0.05) is 12.1 Å². The second-order valence-corrected chi connectivity index (χ2v) is 8.61. The van der Waals surface area contributed by atoms with Gasteiger partial charge in [0.25, 0.3) is 0 Å². The molecule has 2 N–H and O–H groups in total. The van der Waals surface area contributed by atoms with Crippen molar-refractivity contribution in [1.82, 2.24) is 10.0 Å². The fraction of sp³-hybridized carbons (Fsp3) is 0.588. The first-order valence-electron chi connectivity index (χ1n) is 7.95. The van der Waals surface area contributed by atoms with Crippen molar-refractivity contribution in [2.24, 2.45) is 0 Å². The molecule has 0 saturated carbocycles. The molecule has 1 atom stereocenters. The third kappa shape index (κ3) is 7.42. The standard InChI is InChI=1S/C17H28N2O4S/c1-13(12-23-5)18-16(20)11-8-14-6-9-15(10-7-14)24(21,22)19-17(2,3)4/h6-7,9-10,13,19H,8,11-12H2,1-5H3,(H,18,20)/t13-/m0/s1. The second-order valence-electron chi connectivity index (χ2n) is 6.92. The third-order valence-corrected chi connectivity index (χ3v) is 4.91. The molecular weight excluding hydrogens is 328 g/mol. The molecular formula is C17H28N2O4S. The van der Waals surface area contributed by atoms with Gasteiger partial charge in [-0.3, -0.25) is 4.79 Å². The molecule has 0 unspecified atom stereocenters. The van der Waals surface area contributed by atoms with Gasteiger partial charge in [-0.2, -0.15) is 0 Å². The largest absolute Gasteiger partial charge is 0.383 e. The fourth-order valence-electron chi connectivity index (χ4n) is 2.19. The first-order chi connectivity index (χ1) is 11.0. The maximum Gasteiger partial charge on any atom is 0.241 e. The van der Waals surface area contributed by atoms with Crippen molar-refractivity contribution >= 4 is 15.9 Å². The van der Waals surface area contributed by atoms with E-state index in [1.54, 1.807) is 52.1 Å². The summed E-state index contributed by atoms with van der Waals surface area (Å²) >= 11 is 0. The molecule has 0 saturated heterocycles. The highest BCUT2D eigenvalue weighted by Crippen LogP contribution is 2.14. The zero-order chi connectivity index (χ0) is 18.4. The maximum atomic E-state index is 12.2. The number of methoxy groups -OCH3 is 1. The van der Waals surface area contributed by atoms with Gasteiger partial charge in [0, 0.05) is 25.1 Å². The minimum Gasteiger partial charge on any atom is -0.383 e. The average molecular weight is 356 g/mol. The number of carbonyl (C=O) groups excluding carboxylic acids is 1. The Bertz CT molecular complexity index is 634. The van der Waals surface area contributed by atoms with Crippen LogP contribution in [0.2, 0.25) is 0 Å². The Hall–Kier alpha value is -1.44. The summed E-state index contributed by atoms with van der Waals surface area (Å²) in [4.78, 5) is 12.0. The van der Waals surface area contributed by atoms with Crippen molar-refractivity contribution in [2.75, 3.05) is 13.7 Å². The van der Waals surface area contributed by atoms with E-state index >= 15 is 0 Å². The SMILES string of the molecule is COC[C@H](C)NC(=O)CCc1ccc(S(=O)(=O)NC(C)(C)C)cc1. The Kier molecular flexibility index (Phi) is 7.38. The topological polar surface area (TPSA) is 84.5 Å². The highest BCUT2D eigenvalue weighted by molar-refractivity contribution is 7.89. The van der Waals surface area contributed by atoms with Crippen molar-refractivity contribution < 1.29 is 17.9 Å². The highest BCUT2D eigenvalue weighted by atomic mass is 32.2. The van der Waals surface area contributed by atoms with Crippen molar-refractivity contribution in [3.05, 3.63) is 29.8 Å². The molecule has 0 aliphatic heterocycles. The van der Waals surface area contributed by atoms with Crippen molar-refractivity contribution in [3.8, 4) is 0 Å². The van der Waals surface area contributed by atoms with Gasteiger partial charge in [-0.15, -0.1) is 0 Å². The van der Waals surface area contributed by atoms with Crippen LogP contribution in [0, 0.1) is 0 Å². The normalized spacial score (nSPS) is 13.5. The lowest BCUT2D eigenvalue weighted by molar-refractivity contribution is -0.122. The molecule has 0 aliphatic carbocycles. The van der Waals surface area contributed by atoms with Crippen LogP contribution in [0.4, 0.5) is 0 Å². The van der Waals surface area contributed by atoms with Crippen LogP contribution < -0.4 is 10.0 Å². The molecule has 1 aromatic rings. The number of rotatable bonds is 8. The summed E-state index contributed by atoms with van der Waals surface area (Å²) in [5, 5.41) is 2.84. The number of amides is 1. The van der Waals surface area contributed by atoms with Crippen LogP contribution in [0.15, 0.2) is 29.2 Å². The zero-order valence-corrected chi connectivity index (χ0v) is 15.9. The Morgan fingerprint density at radius 1 is 1.21 bits per heavy atom. The summed E-state index contributed by atoms with van der Waals surface area (Å²) in [7, 11) is -1.94. The minimum absolute atomic E-state index is 0.0292. The number of ether oxygens (including phenoxy) is 1. The number of carbonyl (C=O) groups is 1. The Morgan fingerprint density at radius 3 is 2.29 bits per heavy atom. The van der Waals surface area contributed by atoms with Crippen molar-refractivity contribution in [1.29, 1.82) is 0 Å². The summed E-state index contributed by atoms with van der Waals surface area (Å²) < 4.78 is 32.0. The van der Waals surface area contributed by atoms with Gasteiger partial charge in [0.15, 0.2) is 0 Å².